The van der Waals surface area contributed by atoms with Crippen molar-refractivity contribution in [2.75, 3.05) is 6.61 Å². The molecule has 2 unspecified atom stereocenters. The molecule has 0 aromatic heterocycles. The molecule has 2 atom stereocenters. The standard InChI is InChI=1S/C7H14NO2P/c1-3-5-7(8,11)6(9)10-4-2/h3H,1,4-5,8,11H2,2H3. The molecule has 0 aliphatic heterocycles. The number of carbonyl (C=O) groups is 1. The van der Waals surface area contributed by atoms with Crippen molar-refractivity contribution >= 4 is 15.2 Å². The lowest BCUT2D eigenvalue weighted by Crippen LogP contribution is -2.42. The van der Waals surface area contributed by atoms with Gasteiger partial charge in [0, 0.05) is 0 Å². The number of hydrogen-bond acceptors (Lipinski definition) is 3. The van der Waals surface area contributed by atoms with Gasteiger partial charge in [0.05, 0.1) is 6.61 Å². The van der Waals surface area contributed by atoms with Gasteiger partial charge in [-0.3, -0.25) is 0 Å². The van der Waals surface area contributed by atoms with E-state index >= 15 is 0 Å². The van der Waals surface area contributed by atoms with Gasteiger partial charge >= 0.3 is 5.97 Å². The number of rotatable bonds is 4. The first-order valence-electron chi connectivity index (χ1n) is 3.40. The van der Waals surface area contributed by atoms with Crippen molar-refractivity contribution in [3.05, 3.63) is 12.7 Å². The highest BCUT2D eigenvalue weighted by molar-refractivity contribution is 7.20. The van der Waals surface area contributed by atoms with Crippen LogP contribution in [-0.2, 0) is 9.53 Å². The third kappa shape index (κ3) is 3.49. The SMILES string of the molecule is C=CCC(N)(P)C(=O)OCC. The van der Waals surface area contributed by atoms with Crippen LogP contribution in [0.4, 0.5) is 0 Å². The van der Waals surface area contributed by atoms with E-state index in [2.05, 4.69) is 15.8 Å². The molecule has 0 radical (unpaired) electrons. The average molecular weight is 175 g/mol. The first kappa shape index (κ1) is 10.6. The zero-order chi connectivity index (χ0) is 8.91. The van der Waals surface area contributed by atoms with Crippen molar-refractivity contribution in [1.82, 2.24) is 0 Å². The molecular formula is C7H14NO2P. The van der Waals surface area contributed by atoms with Crippen LogP contribution in [0.2, 0.25) is 0 Å². The highest BCUT2D eigenvalue weighted by Crippen LogP contribution is 2.17. The zero-order valence-corrected chi connectivity index (χ0v) is 7.82. The average Bonchev–Trinajstić information content (AvgIpc) is 1.88. The van der Waals surface area contributed by atoms with Gasteiger partial charge in [-0.1, -0.05) is 6.08 Å². The van der Waals surface area contributed by atoms with Crippen molar-refractivity contribution in [2.45, 2.75) is 18.6 Å². The lowest BCUT2D eigenvalue weighted by molar-refractivity contribution is -0.145. The minimum Gasteiger partial charge on any atom is -0.464 e. The fourth-order valence-corrected chi connectivity index (χ4v) is 0.838. The predicted molar refractivity (Wildman–Crippen MR) is 48.1 cm³/mol. The van der Waals surface area contributed by atoms with Gasteiger partial charge in [-0.15, -0.1) is 15.8 Å². The normalized spacial score (nSPS) is 15.2. The summed E-state index contributed by atoms with van der Waals surface area (Å²) in [5.41, 5.74) is 5.57. The zero-order valence-electron chi connectivity index (χ0n) is 6.67. The summed E-state index contributed by atoms with van der Waals surface area (Å²) in [6, 6.07) is 0. The Kier molecular flexibility index (Phi) is 4.31. The van der Waals surface area contributed by atoms with Gasteiger partial charge in [-0.05, 0) is 13.3 Å². The van der Waals surface area contributed by atoms with E-state index in [1.807, 2.05) is 0 Å². The lowest BCUT2D eigenvalue weighted by Gasteiger charge is -2.19. The molecule has 0 bridgehead atoms. The van der Waals surface area contributed by atoms with Gasteiger partial charge in [0.1, 0.15) is 5.28 Å². The summed E-state index contributed by atoms with van der Waals surface area (Å²) in [6.45, 7) is 5.58. The van der Waals surface area contributed by atoms with Gasteiger partial charge in [0.25, 0.3) is 0 Å². The largest absolute Gasteiger partial charge is 0.464 e. The molecule has 0 saturated heterocycles. The summed E-state index contributed by atoms with van der Waals surface area (Å²) in [7, 11) is 2.26. The number of nitrogens with two attached hydrogens (primary N) is 1. The van der Waals surface area contributed by atoms with E-state index in [1.165, 1.54) is 0 Å². The number of hydrogen-bond donors (Lipinski definition) is 1. The summed E-state index contributed by atoms with van der Waals surface area (Å²) >= 11 is 0. The maximum Gasteiger partial charge on any atom is 0.330 e. The molecule has 0 amide bonds. The highest BCUT2D eigenvalue weighted by atomic mass is 31.0. The lowest BCUT2D eigenvalue weighted by atomic mass is 10.2. The van der Waals surface area contributed by atoms with E-state index in [4.69, 9.17) is 10.5 Å². The minimum atomic E-state index is -1.00. The summed E-state index contributed by atoms with van der Waals surface area (Å²) < 4.78 is 4.73. The number of ether oxygens (including phenoxy) is 1. The Bertz CT molecular complexity index is 157. The van der Waals surface area contributed by atoms with E-state index in [1.54, 1.807) is 13.0 Å². The van der Waals surface area contributed by atoms with E-state index in [-0.39, 0.29) is 0 Å². The molecule has 0 aliphatic carbocycles. The summed E-state index contributed by atoms with van der Waals surface area (Å²) in [6.07, 6.45) is 1.99. The van der Waals surface area contributed by atoms with Gasteiger partial charge in [-0.2, -0.15) is 0 Å². The van der Waals surface area contributed by atoms with E-state index in [9.17, 15) is 4.79 Å². The molecule has 0 aromatic carbocycles. The van der Waals surface area contributed by atoms with Crippen molar-refractivity contribution in [1.29, 1.82) is 0 Å². The molecule has 3 nitrogen and oxygen atoms in total. The molecule has 0 heterocycles. The van der Waals surface area contributed by atoms with Crippen molar-refractivity contribution in [3.8, 4) is 0 Å². The Balaban J connectivity index is 4.05. The maximum atomic E-state index is 11.0. The van der Waals surface area contributed by atoms with Crippen molar-refractivity contribution in [2.24, 2.45) is 5.73 Å². The molecule has 0 aromatic rings. The van der Waals surface area contributed by atoms with Crippen LogP contribution in [0, 0.1) is 0 Å². The fourth-order valence-electron chi connectivity index (χ4n) is 0.588. The van der Waals surface area contributed by atoms with Crippen LogP contribution in [0.3, 0.4) is 0 Å². The summed E-state index contributed by atoms with van der Waals surface area (Å²) in [5.74, 6) is -0.412. The molecule has 11 heavy (non-hydrogen) atoms. The molecule has 0 spiro atoms. The monoisotopic (exact) mass is 175 g/mol. The topological polar surface area (TPSA) is 52.3 Å². The van der Waals surface area contributed by atoms with Gasteiger partial charge < -0.3 is 10.5 Å². The Hall–Kier alpha value is -0.400. The molecule has 0 fully saturated rings. The van der Waals surface area contributed by atoms with E-state index in [0.29, 0.717) is 13.0 Å². The second kappa shape index (κ2) is 4.47. The van der Waals surface area contributed by atoms with Crippen molar-refractivity contribution < 1.29 is 9.53 Å². The Morgan fingerprint density at radius 2 is 2.45 bits per heavy atom. The molecule has 0 saturated carbocycles. The van der Waals surface area contributed by atoms with Gasteiger partial charge in [0.2, 0.25) is 0 Å². The second-order valence-corrected chi connectivity index (χ2v) is 3.28. The second-order valence-electron chi connectivity index (χ2n) is 2.25. The smallest absolute Gasteiger partial charge is 0.330 e. The van der Waals surface area contributed by atoms with Crippen LogP contribution in [0.1, 0.15) is 13.3 Å². The molecule has 2 N–H and O–H groups in total. The van der Waals surface area contributed by atoms with E-state index < -0.39 is 11.2 Å². The quantitative estimate of drug-likeness (QED) is 0.388. The predicted octanol–water partition coefficient (Wildman–Crippen LogP) is 0.656. The number of carbonyl (C=O) groups excluding carboxylic acids is 1. The van der Waals surface area contributed by atoms with Gasteiger partial charge in [-0.25, -0.2) is 4.79 Å². The Labute approximate surface area is 69.2 Å². The molecular weight excluding hydrogens is 161 g/mol. The first-order chi connectivity index (χ1) is 5.04. The molecule has 64 valence electrons. The van der Waals surface area contributed by atoms with E-state index in [0.717, 1.165) is 0 Å². The molecule has 0 aliphatic rings. The van der Waals surface area contributed by atoms with Crippen molar-refractivity contribution in [3.63, 3.8) is 0 Å². The van der Waals surface area contributed by atoms with Crippen LogP contribution in [-0.4, -0.2) is 17.9 Å². The fraction of sp³-hybridized carbons (Fsp3) is 0.571. The summed E-state index contributed by atoms with van der Waals surface area (Å²) in [5, 5.41) is -1.00. The van der Waals surface area contributed by atoms with Crippen LogP contribution >= 0.6 is 9.24 Å². The van der Waals surface area contributed by atoms with Crippen LogP contribution < -0.4 is 5.73 Å². The molecule has 0 rings (SSSR count). The first-order valence-corrected chi connectivity index (χ1v) is 3.98. The number of esters is 1. The third-order valence-corrected chi connectivity index (χ3v) is 1.61. The Morgan fingerprint density at radius 3 is 2.82 bits per heavy atom. The maximum absolute atomic E-state index is 11.0. The Morgan fingerprint density at radius 1 is 1.91 bits per heavy atom. The highest BCUT2D eigenvalue weighted by Gasteiger charge is 2.28. The molecule has 4 heteroatoms. The minimum absolute atomic E-state index is 0.351. The summed E-state index contributed by atoms with van der Waals surface area (Å²) in [4.78, 5) is 11.0. The van der Waals surface area contributed by atoms with Crippen LogP contribution in [0.25, 0.3) is 0 Å². The van der Waals surface area contributed by atoms with Crippen LogP contribution in [0.15, 0.2) is 12.7 Å². The van der Waals surface area contributed by atoms with Crippen LogP contribution in [0.5, 0.6) is 0 Å². The third-order valence-electron chi connectivity index (χ3n) is 1.14. The van der Waals surface area contributed by atoms with Gasteiger partial charge in [0.15, 0.2) is 0 Å².